The maximum atomic E-state index is 5.99. The van der Waals surface area contributed by atoms with E-state index in [1.54, 1.807) is 6.92 Å². The molecule has 2 nitrogen and oxygen atoms in total. The monoisotopic (exact) mass is 330 g/mol. The molecule has 0 unspecified atom stereocenters. The van der Waals surface area contributed by atoms with Crippen LogP contribution in [-0.2, 0) is 0 Å². The third-order valence-corrected chi connectivity index (χ3v) is 4.05. The lowest BCUT2D eigenvalue weighted by molar-refractivity contribution is 1.14. The fourth-order valence-corrected chi connectivity index (χ4v) is 2.09. The number of rotatable bonds is 1. The van der Waals surface area contributed by atoms with Gasteiger partial charge in [0.05, 0.1) is 0 Å². The minimum Gasteiger partial charge on any atom is -0.216 e. The van der Waals surface area contributed by atoms with Crippen LogP contribution in [0.4, 0.5) is 0 Å². The maximum absolute atomic E-state index is 5.99. The van der Waals surface area contributed by atoms with Gasteiger partial charge in [-0.05, 0) is 25.5 Å². The molecular formula is C12H9BrCl2N2. The third-order valence-electron chi connectivity index (χ3n) is 2.46. The third kappa shape index (κ3) is 2.62. The van der Waals surface area contributed by atoms with Crippen molar-refractivity contribution in [3.63, 3.8) is 0 Å². The highest BCUT2D eigenvalue weighted by molar-refractivity contribution is 9.10. The molecule has 5 heteroatoms. The van der Waals surface area contributed by atoms with E-state index in [1.807, 2.05) is 25.1 Å². The summed E-state index contributed by atoms with van der Waals surface area (Å²) < 4.78 is 1.01. The summed E-state index contributed by atoms with van der Waals surface area (Å²) in [5.74, 6) is 0.534. The molecule has 0 N–H and O–H groups in total. The molecule has 2 rings (SSSR count). The summed E-state index contributed by atoms with van der Waals surface area (Å²) in [5.41, 5.74) is 2.73. The molecule has 1 aromatic heterocycles. The van der Waals surface area contributed by atoms with Gasteiger partial charge in [0.15, 0.2) is 5.82 Å². The summed E-state index contributed by atoms with van der Waals surface area (Å²) >= 11 is 15.5. The van der Waals surface area contributed by atoms with Gasteiger partial charge in [-0.25, -0.2) is 9.97 Å². The lowest BCUT2D eigenvalue weighted by Crippen LogP contribution is -1.94. The molecule has 2 aromatic rings. The number of halogens is 3. The van der Waals surface area contributed by atoms with E-state index >= 15 is 0 Å². The van der Waals surface area contributed by atoms with Gasteiger partial charge in [0, 0.05) is 15.6 Å². The molecule has 0 aliphatic heterocycles. The normalized spacial score (nSPS) is 10.6. The van der Waals surface area contributed by atoms with Crippen LogP contribution >= 0.6 is 39.1 Å². The molecular weight excluding hydrogens is 323 g/mol. The molecule has 1 aromatic carbocycles. The molecule has 1 heterocycles. The van der Waals surface area contributed by atoms with Gasteiger partial charge in [0.1, 0.15) is 10.3 Å². The van der Waals surface area contributed by atoms with Crippen LogP contribution in [0, 0.1) is 13.8 Å². The summed E-state index contributed by atoms with van der Waals surface area (Å²) in [6.07, 6.45) is 0. The summed E-state index contributed by atoms with van der Waals surface area (Å²) in [5, 5.41) is 0.772. The highest BCUT2D eigenvalue weighted by Gasteiger charge is 2.10. The van der Waals surface area contributed by atoms with Crippen LogP contribution in [0.15, 0.2) is 22.7 Å². The predicted octanol–water partition coefficient (Wildman–Crippen LogP) is 4.83. The Kier molecular flexibility index (Phi) is 3.71. The van der Waals surface area contributed by atoms with Crippen LogP contribution in [0.2, 0.25) is 10.3 Å². The van der Waals surface area contributed by atoms with Gasteiger partial charge in [0.25, 0.3) is 0 Å². The summed E-state index contributed by atoms with van der Waals surface area (Å²) in [7, 11) is 0. The van der Waals surface area contributed by atoms with Crippen molar-refractivity contribution in [1.82, 2.24) is 9.97 Å². The van der Waals surface area contributed by atoms with Crippen LogP contribution in [-0.4, -0.2) is 9.97 Å². The van der Waals surface area contributed by atoms with Crippen LogP contribution in [0.5, 0.6) is 0 Å². The van der Waals surface area contributed by atoms with E-state index in [2.05, 4.69) is 25.9 Å². The zero-order chi connectivity index (χ0) is 12.6. The first kappa shape index (κ1) is 12.8. The van der Waals surface area contributed by atoms with Crippen molar-refractivity contribution in [2.45, 2.75) is 13.8 Å². The molecule has 0 aliphatic rings. The first-order valence-corrected chi connectivity index (χ1v) is 6.50. The van der Waals surface area contributed by atoms with Crippen LogP contribution in [0.25, 0.3) is 11.4 Å². The number of aryl methyl sites for hydroxylation is 1. The second-order valence-electron chi connectivity index (χ2n) is 3.72. The van der Waals surface area contributed by atoms with E-state index in [-0.39, 0.29) is 0 Å². The van der Waals surface area contributed by atoms with Crippen molar-refractivity contribution >= 4 is 39.1 Å². The smallest absolute Gasteiger partial charge is 0.162 e. The van der Waals surface area contributed by atoms with Crippen molar-refractivity contribution in [1.29, 1.82) is 0 Å². The van der Waals surface area contributed by atoms with Gasteiger partial charge in [-0.3, -0.25) is 0 Å². The zero-order valence-corrected chi connectivity index (χ0v) is 12.4. The largest absolute Gasteiger partial charge is 0.216 e. The van der Waals surface area contributed by atoms with Gasteiger partial charge in [0.2, 0.25) is 0 Å². The van der Waals surface area contributed by atoms with E-state index in [4.69, 9.17) is 23.2 Å². The maximum Gasteiger partial charge on any atom is 0.162 e. The molecule has 0 saturated heterocycles. The fourth-order valence-electron chi connectivity index (χ4n) is 1.32. The Morgan fingerprint density at radius 3 is 2.18 bits per heavy atom. The Bertz CT molecular complexity index is 562. The Morgan fingerprint density at radius 1 is 1.06 bits per heavy atom. The first-order valence-electron chi connectivity index (χ1n) is 4.95. The minimum absolute atomic E-state index is 0.386. The SMILES string of the molecule is Cc1ccc(-c2nc(Cl)c(C)c(Cl)n2)cc1Br. The van der Waals surface area contributed by atoms with Crippen molar-refractivity contribution in [2.24, 2.45) is 0 Å². The standard InChI is InChI=1S/C12H9BrCl2N2/c1-6-3-4-8(5-9(6)13)12-16-10(14)7(2)11(15)17-12/h3-5H,1-2H3. The van der Waals surface area contributed by atoms with Crippen molar-refractivity contribution < 1.29 is 0 Å². The van der Waals surface area contributed by atoms with E-state index in [1.165, 1.54) is 0 Å². The second-order valence-corrected chi connectivity index (χ2v) is 5.29. The molecule has 0 bridgehead atoms. The molecule has 0 aliphatic carbocycles. The fraction of sp³-hybridized carbons (Fsp3) is 0.167. The quantitative estimate of drug-likeness (QED) is 0.699. The van der Waals surface area contributed by atoms with E-state index in [0.29, 0.717) is 21.7 Å². The highest BCUT2D eigenvalue weighted by Crippen LogP contribution is 2.27. The summed E-state index contributed by atoms with van der Waals surface area (Å²) in [6.45, 7) is 3.81. The van der Waals surface area contributed by atoms with E-state index < -0.39 is 0 Å². The Balaban J connectivity index is 2.57. The number of hydrogen-bond donors (Lipinski definition) is 0. The van der Waals surface area contributed by atoms with E-state index in [0.717, 1.165) is 15.6 Å². The average molecular weight is 332 g/mol. The number of benzene rings is 1. The molecule has 0 radical (unpaired) electrons. The summed E-state index contributed by atoms with van der Waals surface area (Å²) in [4.78, 5) is 8.45. The van der Waals surface area contributed by atoms with Gasteiger partial charge < -0.3 is 0 Å². The molecule has 0 saturated carbocycles. The molecule has 0 spiro atoms. The first-order chi connectivity index (χ1) is 7.99. The predicted molar refractivity (Wildman–Crippen MR) is 74.7 cm³/mol. The number of nitrogens with zero attached hydrogens (tertiary/aromatic N) is 2. The second kappa shape index (κ2) is 4.92. The van der Waals surface area contributed by atoms with Crippen molar-refractivity contribution in [3.05, 3.63) is 44.1 Å². The molecule has 88 valence electrons. The van der Waals surface area contributed by atoms with Crippen LogP contribution < -0.4 is 0 Å². The Labute approximate surface area is 118 Å². The van der Waals surface area contributed by atoms with Gasteiger partial charge in [-0.2, -0.15) is 0 Å². The lowest BCUT2D eigenvalue weighted by atomic mass is 10.1. The molecule has 0 fully saturated rings. The molecule has 17 heavy (non-hydrogen) atoms. The Morgan fingerprint density at radius 2 is 1.65 bits per heavy atom. The minimum atomic E-state index is 0.386. The van der Waals surface area contributed by atoms with Gasteiger partial charge in [-0.1, -0.05) is 51.3 Å². The topological polar surface area (TPSA) is 25.8 Å². The molecule has 0 atom stereocenters. The van der Waals surface area contributed by atoms with Crippen molar-refractivity contribution in [2.75, 3.05) is 0 Å². The summed E-state index contributed by atoms with van der Waals surface area (Å²) in [6, 6.07) is 5.88. The highest BCUT2D eigenvalue weighted by atomic mass is 79.9. The Hall–Kier alpha value is -0.640. The van der Waals surface area contributed by atoms with Crippen LogP contribution in [0.1, 0.15) is 11.1 Å². The van der Waals surface area contributed by atoms with Crippen molar-refractivity contribution in [3.8, 4) is 11.4 Å². The zero-order valence-electron chi connectivity index (χ0n) is 9.26. The van der Waals surface area contributed by atoms with Crippen LogP contribution in [0.3, 0.4) is 0 Å². The van der Waals surface area contributed by atoms with E-state index in [9.17, 15) is 0 Å². The molecule has 0 amide bonds. The number of hydrogen-bond acceptors (Lipinski definition) is 2. The van der Waals surface area contributed by atoms with Gasteiger partial charge >= 0.3 is 0 Å². The van der Waals surface area contributed by atoms with Gasteiger partial charge in [-0.15, -0.1) is 0 Å². The average Bonchev–Trinajstić information content (AvgIpc) is 2.29. The number of aromatic nitrogens is 2. The lowest BCUT2D eigenvalue weighted by Gasteiger charge is -2.06.